The molecular weight excluding hydrogens is 317 g/mol. The van der Waals surface area contributed by atoms with E-state index in [4.69, 9.17) is 11.6 Å². The lowest BCUT2D eigenvalue weighted by atomic mass is 10.0. The minimum atomic E-state index is -4.68. The van der Waals surface area contributed by atoms with Gasteiger partial charge in [0.25, 0.3) is 0 Å². The summed E-state index contributed by atoms with van der Waals surface area (Å²) in [6.45, 7) is 0. The minimum absolute atomic E-state index is 0.0303. The van der Waals surface area contributed by atoms with Crippen LogP contribution in [0.4, 0.5) is 13.2 Å². The van der Waals surface area contributed by atoms with Gasteiger partial charge in [0, 0.05) is 10.6 Å². The van der Waals surface area contributed by atoms with Gasteiger partial charge in [-0.05, 0) is 36.8 Å². The van der Waals surface area contributed by atoms with Crippen LogP contribution < -0.4 is 0 Å². The molecule has 1 nitrogen and oxygen atoms in total. The molecule has 0 amide bonds. The zero-order valence-corrected chi connectivity index (χ0v) is 12.4. The van der Waals surface area contributed by atoms with Crippen LogP contribution in [0.3, 0.4) is 0 Å². The Kier molecular flexibility index (Phi) is 5.82. The third-order valence-electron chi connectivity index (χ3n) is 2.19. The summed E-state index contributed by atoms with van der Waals surface area (Å²) < 4.78 is 39.0. The van der Waals surface area contributed by atoms with Gasteiger partial charge in [-0.1, -0.05) is 11.6 Å². The Morgan fingerprint density at radius 1 is 1.11 bits per heavy atom. The average Bonchev–Trinajstić information content (AvgIpc) is 2.34. The molecule has 7 heteroatoms. The SMILES string of the molecule is CSC(SC)=C(C(=O)c1ccc(Cl)cc1)C(F)(F)F. The van der Waals surface area contributed by atoms with E-state index in [1.807, 2.05) is 0 Å². The lowest BCUT2D eigenvalue weighted by molar-refractivity contribution is -0.0887. The Bertz CT molecular complexity index is 489. The average molecular weight is 327 g/mol. The van der Waals surface area contributed by atoms with Crippen molar-refractivity contribution in [2.45, 2.75) is 6.18 Å². The Hall–Kier alpha value is -0.590. The van der Waals surface area contributed by atoms with Crippen molar-refractivity contribution in [2.24, 2.45) is 0 Å². The predicted octanol–water partition coefficient (Wildman–Crippen LogP) is 5.02. The van der Waals surface area contributed by atoms with E-state index in [0.29, 0.717) is 5.02 Å². The highest BCUT2D eigenvalue weighted by atomic mass is 35.5. The predicted molar refractivity (Wildman–Crippen MR) is 75.9 cm³/mol. The molecule has 0 saturated carbocycles. The molecule has 0 aromatic heterocycles. The third-order valence-corrected chi connectivity index (χ3v) is 4.59. The molecule has 1 aromatic carbocycles. The molecule has 1 aromatic rings. The molecule has 0 radical (unpaired) electrons. The van der Waals surface area contributed by atoms with Crippen LogP contribution in [0.2, 0.25) is 5.02 Å². The van der Waals surface area contributed by atoms with Gasteiger partial charge in [0.2, 0.25) is 0 Å². The maximum absolute atomic E-state index is 13.0. The Morgan fingerprint density at radius 3 is 1.95 bits per heavy atom. The van der Waals surface area contributed by atoms with Gasteiger partial charge in [0.1, 0.15) is 5.57 Å². The highest BCUT2D eigenvalue weighted by Crippen LogP contribution is 2.38. The van der Waals surface area contributed by atoms with Crippen LogP contribution in [0, 0.1) is 0 Å². The molecule has 0 N–H and O–H groups in total. The monoisotopic (exact) mass is 326 g/mol. The number of hydrogen-bond acceptors (Lipinski definition) is 3. The van der Waals surface area contributed by atoms with Gasteiger partial charge >= 0.3 is 6.18 Å². The highest BCUT2D eigenvalue weighted by Gasteiger charge is 2.41. The smallest absolute Gasteiger partial charge is 0.289 e. The van der Waals surface area contributed by atoms with Crippen LogP contribution in [0.15, 0.2) is 34.1 Å². The molecular formula is C12H10ClF3OS2. The highest BCUT2D eigenvalue weighted by molar-refractivity contribution is 8.21. The van der Waals surface area contributed by atoms with Crippen molar-refractivity contribution < 1.29 is 18.0 Å². The molecule has 1 rings (SSSR count). The van der Waals surface area contributed by atoms with Gasteiger partial charge in [-0.3, -0.25) is 4.79 Å². The van der Waals surface area contributed by atoms with Crippen molar-refractivity contribution in [2.75, 3.05) is 12.5 Å². The quantitative estimate of drug-likeness (QED) is 0.571. The molecule has 0 heterocycles. The van der Waals surface area contributed by atoms with E-state index in [-0.39, 0.29) is 9.80 Å². The minimum Gasteiger partial charge on any atom is -0.289 e. The van der Waals surface area contributed by atoms with E-state index in [9.17, 15) is 18.0 Å². The van der Waals surface area contributed by atoms with E-state index in [1.165, 1.54) is 36.8 Å². The number of hydrogen-bond donors (Lipinski definition) is 0. The number of alkyl halides is 3. The number of carbonyl (C=O) groups excluding carboxylic acids is 1. The normalized spacial score (nSPS) is 11.3. The summed E-state index contributed by atoms with van der Waals surface area (Å²) in [4.78, 5) is 12.0. The lowest BCUT2D eigenvalue weighted by Gasteiger charge is -2.14. The number of benzene rings is 1. The fraction of sp³-hybridized carbons (Fsp3) is 0.250. The van der Waals surface area contributed by atoms with Gasteiger partial charge < -0.3 is 0 Å². The second-order valence-electron chi connectivity index (χ2n) is 3.40. The van der Waals surface area contributed by atoms with E-state index in [2.05, 4.69) is 0 Å². The molecule has 19 heavy (non-hydrogen) atoms. The first-order chi connectivity index (χ1) is 8.81. The number of ketones is 1. The second-order valence-corrected chi connectivity index (χ2v) is 5.73. The molecule has 0 aliphatic carbocycles. The fourth-order valence-electron chi connectivity index (χ4n) is 1.37. The van der Waals surface area contributed by atoms with Gasteiger partial charge in [0.05, 0.1) is 4.24 Å². The second kappa shape index (κ2) is 6.72. The van der Waals surface area contributed by atoms with E-state index < -0.39 is 17.5 Å². The molecule has 0 atom stereocenters. The van der Waals surface area contributed by atoms with Crippen molar-refractivity contribution in [3.63, 3.8) is 0 Å². The molecule has 0 aliphatic heterocycles. The summed E-state index contributed by atoms with van der Waals surface area (Å²) in [7, 11) is 0. The van der Waals surface area contributed by atoms with Crippen molar-refractivity contribution in [1.29, 1.82) is 0 Å². The van der Waals surface area contributed by atoms with Gasteiger partial charge in [-0.2, -0.15) is 13.2 Å². The topological polar surface area (TPSA) is 17.1 Å². The summed E-state index contributed by atoms with van der Waals surface area (Å²) in [6.07, 6.45) is -1.67. The standard InChI is InChI=1S/C12H10ClF3OS2/c1-18-11(19-2)9(12(14,15)16)10(17)7-3-5-8(13)6-4-7/h3-6H,1-2H3. The number of allylic oxidation sites excluding steroid dienone is 1. The number of Topliss-reactive ketones (excluding diaryl/α,β-unsaturated/α-hetero) is 1. The first-order valence-electron chi connectivity index (χ1n) is 5.01. The van der Waals surface area contributed by atoms with Crippen LogP contribution >= 0.6 is 35.1 Å². The first kappa shape index (κ1) is 16.5. The van der Waals surface area contributed by atoms with Gasteiger partial charge in [-0.15, -0.1) is 23.5 Å². The first-order valence-corrected chi connectivity index (χ1v) is 7.83. The van der Waals surface area contributed by atoms with Crippen LogP contribution in [-0.4, -0.2) is 24.5 Å². The lowest BCUT2D eigenvalue weighted by Crippen LogP contribution is -2.21. The molecule has 0 spiro atoms. The molecule has 104 valence electrons. The summed E-state index contributed by atoms with van der Waals surface area (Å²) in [5.74, 6) is -1.04. The van der Waals surface area contributed by atoms with Crippen molar-refractivity contribution in [1.82, 2.24) is 0 Å². The van der Waals surface area contributed by atoms with Crippen LogP contribution in [0.5, 0.6) is 0 Å². The molecule has 0 unspecified atom stereocenters. The summed E-state index contributed by atoms with van der Waals surface area (Å²) in [6, 6.07) is 5.35. The number of carbonyl (C=O) groups is 1. The zero-order chi connectivity index (χ0) is 14.6. The third kappa shape index (κ3) is 4.19. The summed E-state index contributed by atoms with van der Waals surface area (Å²) in [5, 5.41) is 0.365. The number of thioether (sulfide) groups is 2. The van der Waals surface area contributed by atoms with Crippen LogP contribution in [-0.2, 0) is 0 Å². The molecule has 0 bridgehead atoms. The maximum Gasteiger partial charge on any atom is 0.421 e. The van der Waals surface area contributed by atoms with Crippen LogP contribution in [0.25, 0.3) is 0 Å². The largest absolute Gasteiger partial charge is 0.421 e. The van der Waals surface area contributed by atoms with E-state index in [1.54, 1.807) is 0 Å². The van der Waals surface area contributed by atoms with Crippen molar-refractivity contribution >= 4 is 40.9 Å². The van der Waals surface area contributed by atoms with Crippen LogP contribution in [0.1, 0.15) is 10.4 Å². The van der Waals surface area contributed by atoms with E-state index >= 15 is 0 Å². The van der Waals surface area contributed by atoms with E-state index in [0.717, 1.165) is 23.5 Å². The fourth-order valence-corrected chi connectivity index (χ4v) is 2.99. The molecule has 0 aliphatic rings. The Labute approximate surface area is 122 Å². The summed E-state index contributed by atoms with van der Waals surface area (Å²) >= 11 is 7.46. The van der Waals surface area contributed by atoms with Gasteiger partial charge in [-0.25, -0.2) is 0 Å². The molecule has 0 fully saturated rings. The molecule has 0 saturated heterocycles. The van der Waals surface area contributed by atoms with Gasteiger partial charge in [0.15, 0.2) is 5.78 Å². The van der Waals surface area contributed by atoms with Crippen molar-refractivity contribution in [3.8, 4) is 0 Å². The maximum atomic E-state index is 13.0. The summed E-state index contributed by atoms with van der Waals surface area (Å²) in [5.41, 5.74) is -1.16. The Morgan fingerprint density at radius 2 is 1.58 bits per heavy atom. The number of halogens is 4. The van der Waals surface area contributed by atoms with Crippen molar-refractivity contribution in [3.05, 3.63) is 44.7 Å². The zero-order valence-electron chi connectivity index (χ0n) is 10.0. The number of rotatable bonds is 4. The Balaban J connectivity index is 3.31.